The van der Waals surface area contributed by atoms with Crippen LogP contribution in [-0.2, 0) is 4.74 Å². The predicted molar refractivity (Wildman–Crippen MR) is 76.9 cm³/mol. The van der Waals surface area contributed by atoms with Crippen molar-refractivity contribution in [2.75, 3.05) is 0 Å². The lowest BCUT2D eigenvalue weighted by atomic mass is 10.1. The summed E-state index contributed by atoms with van der Waals surface area (Å²) in [6, 6.07) is 7.64. The molecule has 1 aromatic carbocycles. The fourth-order valence-electron chi connectivity index (χ4n) is 1.42. The number of alkyl carbamates (subject to hydrolysis) is 1. The highest BCUT2D eigenvalue weighted by Gasteiger charge is 2.16. The van der Waals surface area contributed by atoms with E-state index in [-0.39, 0.29) is 6.04 Å². The molecule has 0 radical (unpaired) electrons. The molecule has 1 atom stereocenters. The number of benzene rings is 1. The standard InChI is InChI=1S/C16H21NO2/c1-12-8-6-7-9-14(12)11-10-13(2)17-15(18)19-16(3,4)5/h6-9,13H,1-5H3,(H,17,18). The Bertz CT molecular complexity index is 503. The molecule has 0 spiro atoms. The first kappa shape index (κ1) is 15.1. The summed E-state index contributed by atoms with van der Waals surface area (Å²) in [5.41, 5.74) is 1.60. The molecule has 0 aromatic heterocycles. The van der Waals surface area contributed by atoms with Crippen LogP contribution in [0.4, 0.5) is 4.79 Å². The quantitative estimate of drug-likeness (QED) is 0.786. The van der Waals surface area contributed by atoms with Gasteiger partial charge in [0, 0.05) is 5.56 Å². The zero-order valence-corrected chi connectivity index (χ0v) is 12.2. The number of ether oxygens (including phenoxy) is 1. The Labute approximate surface area is 115 Å². The van der Waals surface area contributed by atoms with Crippen molar-refractivity contribution in [2.45, 2.75) is 46.3 Å². The first-order valence-electron chi connectivity index (χ1n) is 6.34. The van der Waals surface area contributed by atoms with E-state index in [1.165, 1.54) is 0 Å². The molecule has 0 aliphatic heterocycles. The highest BCUT2D eigenvalue weighted by atomic mass is 16.6. The third-order valence-corrected chi connectivity index (χ3v) is 2.30. The van der Waals surface area contributed by atoms with Crippen LogP contribution in [0.5, 0.6) is 0 Å². The molecule has 0 fully saturated rings. The van der Waals surface area contributed by atoms with Crippen molar-refractivity contribution in [1.29, 1.82) is 0 Å². The van der Waals surface area contributed by atoms with E-state index in [1.807, 2.05) is 58.9 Å². The number of carbonyl (C=O) groups excluding carboxylic acids is 1. The lowest BCUT2D eigenvalue weighted by Gasteiger charge is -2.20. The van der Waals surface area contributed by atoms with Crippen molar-refractivity contribution < 1.29 is 9.53 Å². The first-order chi connectivity index (χ1) is 8.78. The molecule has 0 saturated carbocycles. The van der Waals surface area contributed by atoms with Crippen LogP contribution >= 0.6 is 0 Å². The Morgan fingerprint density at radius 3 is 2.53 bits per heavy atom. The lowest BCUT2D eigenvalue weighted by molar-refractivity contribution is 0.0519. The number of amides is 1. The monoisotopic (exact) mass is 259 g/mol. The lowest BCUT2D eigenvalue weighted by Crippen LogP contribution is -2.37. The van der Waals surface area contributed by atoms with Crippen LogP contribution < -0.4 is 5.32 Å². The minimum atomic E-state index is -0.493. The molecule has 1 amide bonds. The summed E-state index contributed by atoms with van der Waals surface area (Å²) in [6.45, 7) is 9.33. The molecule has 1 unspecified atom stereocenters. The van der Waals surface area contributed by atoms with Gasteiger partial charge in [-0.05, 0) is 46.2 Å². The number of rotatable bonds is 1. The van der Waals surface area contributed by atoms with E-state index in [2.05, 4.69) is 17.2 Å². The van der Waals surface area contributed by atoms with Crippen molar-refractivity contribution in [1.82, 2.24) is 5.32 Å². The molecule has 3 nitrogen and oxygen atoms in total. The average Bonchev–Trinajstić information content (AvgIpc) is 2.25. The first-order valence-corrected chi connectivity index (χ1v) is 6.34. The average molecular weight is 259 g/mol. The third kappa shape index (κ3) is 5.96. The summed E-state index contributed by atoms with van der Waals surface area (Å²) in [7, 11) is 0. The Kier molecular flexibility index (Phi) is 5.00. The van der Waals surface area contributed by atoms with E-state index in [0.29, 0.717) is 0 Å². The number of carbonyl (C=O) groups is 1. The van der Waals surface area contributed by atoms with E-state index < -0.39 is 11.7 Å². The van der Waals surface area contributed by atoms with Gasteiger partial charge >= 0.3 is 6.09 Å². The van der Waals surface area contributed by atoms with Crippen molar-refractivity contribution in [3.05, 3.63) is 35.4 Å². The van der Waals surface area contributed by atoms with Crippen LogP contribution in [0.3, 0.4) is 0 Å². The zero-order valence-electron chi connectivity index (χ0n) is 12.2. The number of hydrogen-bond acceptors (Lipinski definition) is 2. The SMILES string of the molecule is Cc1ccccc1C#CC(C)NC(=O)OC(C)(C)C. The summed E-state index contributed by atoms with van der Waals surface area (Å²) in [5, 5.41) is 2.69. The Balaban J connectivity index is 2.60. The number of aryl methyl sites for hydroxylation is 1. The molecule has 0 saturated heterocycles. The van der Waals surface area contributed by atoms with E-state index >= 15 is 0 Å². The van der Waals surface area contributed by atoms with Gasteiger partial charge in [0.15, 0.2) is 0 Å². The van der Waals surface area contributed by atoms with Gasteiger partial charge in [0.1, 0.15) is 5.60 Å². The van der Waals surface area contributed by atoms with Gasteiger partial charge in [-0.15, -0.1) is 0 Å². The Morgan fingerprint density at radius 1 is 1.32 bits per heavy atom. The number of hydrogen-bond donors (Lipinski definition) is 1. The highest BCUT2D eigenvalue weighted by Crippen LogP contribution is 2.07. The van der Waals surface area contributed by atoms with Crippen LogP contribution in [0.1, 0.15) is 38.8 Å². The van der Waals surface area contributed by atoms with Crippen LogP contribution in [0, 0.1) is 18.8 Å². The van der Waals surface area contributed by atoms with Gasteiger partial charge in [0.05, 0.1) is 6.04 Å². The van der Waals surface area contributed by atoms with Crippen LogP contribution in [0.2, 0.25) is 0 Å². The van der Waals surface area contributed by atoms with Crippen molar-refractivity contribution in [3.63, 3.8) is 0 Å². The maximum absolute atomic E-state index is 11.5. The molecule has 0 bridgehead atoms. The van der Waals surface area contributed by atoms with Gasteiger partial charge in [0.2, 0.25) is 0 Å². The van der Waals surface area contributed by atoms with E-state index in [9.17, 15) is 4.79 Å². The summed E-state index contributed by atoms with van der Waals surface area (Å²) >= 11 is 0. The molecular formula is C16H21NO2. The molecule has 1 rings (SSSR count). The van der Waals surface area contributed by atoms with Gasteiger partial charge in [0.25, 0.3) is 0 Å². The second-order valence-electron chi connectivity index (χ2n) is 5.45. The van der Waals surface area contributed by atoms with Crippen molar-refractivity contribution in [2.24, 2.45) is 0 Å². The second kappa shape index (κ2) is 6.29. The van der Waals surface area contributed by atoms with Crippen LogP contribution in [0.25, 0.3) is 0 Å². The fraction of sp³-hybridized carbons (Fsp3) is 0.438. The summed E-state index contributed by atoms with van der Waals surface area (Å²) < 4.78 is 5.17. The summed E-state index contributed by atoms with van der Waals surface area (Å²) in [6.07, 6.45) is -0.445. The van der Waals surface area contributed by atoms with Crippen molar-refractivity contribution >= 4 is 6.09 Å². The highest BCUT2D eigenvalue weighted by molar-refractivity contribution is 5.68. The largest absolute Gasteiger partial charge is 0.444 e. The van der Waals surface area contributed by atoms with Gasteiger partial charge in [-0.3, -0.25) is 0 Å². The normalized spacial score (nSPS) is 12.1. The Hall–Kier alpha value is -1.95. The predicted octanol–water partition coefficient (Wildman–Crippen LogP) is 3.26. The maximum Gasteiger partial charge on any atom is 0.408 e. The molecule has 1 aromatic rings. The molecule has 3 heteroatoms. The molecule has 19 heavy (non-hydrogen) atoms. The van der Waals surface area contributed by atoms with Crippen LogP contribution in [-0.4, -0.2) is 17.7 Å². The van der Waals surface area contributed by atoms with E-state index in [0.717, 1.165) is 11.1 Å². The number of nitrogens with one attached hydrogen (secondary N) is 1. The molecule has 0 aliphatic carbocycles. The molecule has 0 aliphatic rings. The molecule has 102 valence electrons. The molecular weight excluding hydrogens is 238 g/mol. The fourth-order valence-corrected chi connectivity index (χ4v) is 1.42. The zero-order chi connectivity index (χ0) is 14.5. The van der Waals surface area contributed by atoms with Gasteiger partial charge in [-0.1, -0.05) is 30.0 Å². The smallest absolute Gasteiger partial charge is 0.408 e. The molecule has 1 N–H and O–H groups in total. The van der Waals surface area contributed by atoms with Gasteiger partial charge in [-0.25, -0.2) is 4.79 Å². The topological polar surface area (TPSA) is 38.3 Å². The minimum Gasteiger partial charge on any atom is -0.444 e. The molecule has 0 heterocycles. The van der Waals surface area contributed by atoms with Gasteiger partial charge in [-0.2, -0.15) is 0 Å². The second-order valence-corrected chi connectivity index (χ2v) is 5.45. The summed E-state index contributed by atoms with van der Waals surface area (Å²) in [5.74, 6) is 6.06. The van der Waals surface area contributed by atoms with E-state index in [4.69, 9.17) is 4.74 Å². The Morgan fingerprint density at radius 2 is 1.95 bits per heavy atom. The van der Waals surface area contributed by atoms with Crippen molar-refractivity contribution in [3.8, 4) is 11.8 Å². The summed E-state index contributed by atoms with van der Waals surface area (Å²) in [4.78, 5) is 11.5. The van der Waals surface area contributed by atoms with E-state index in [1.54, 1.807) is 0 Å². The van der Waals surface area contributed by atoms with Gasteiger partial charge < -0.3 is 10.1 Å². The minimum absolute atomic E-state index is 0.255. The maximum atomic E-state index is 11.5. The van der Waals surface area contributed by atoms with Crippen LogP contribution in [0.15, 0.2) is 24.3 Å². The third-order valence-electron chi connectivity index (χ3n) is 2.30.